The van der Waals surface area contributed by atoms with Crippen LogP contribution in [0, 0.1) is 34.9 Å². The number of carboxylic acid groups (broad SMARTS) is 1. The predicted molar refractivity (Wildman–Crippen MR) is 273 cm³/mol. The number of ether oxygens (including phenoxy) is 2. The lowest BCUT2D eigenvalue weighted by Crippen LogP contribution is -2.43. The number of fused-ring (bicyclic) bond motifs is 1. The lowest BCUT2D eigenvalue weighted by atomic mass is 9.65. The molecule has 382 valence electrons. The summed E-state index contributed by atoms with van der Waals surface area (Å²) in [4.78, 5) is 49.6. The highest BCUT2D eigenvalue weighted by Gasteiger charge is 2.43. The van der Waals surface area contributed by atoms with Crippen LogP contribution < -0.4 is 5.32 Å². The maximum absolute atomic E-state index is 14.0. The fourth-order valence-electron chi connectivity index (χ4n) is 10.3. The molecule has 0 bridgehead atoms. The predicted octanol–water partition coefficient (Wildman–Crippen LogP) is 10.9. The molecule has 1 saturated heterocycles. The standard InChI is InChI=1S/C33H35FN2O5.C25H38O5/c1-21(2)31-30(33(41)35-25-11-7-4-8-12-25)29(22-9-5-3-6-10-22)32(23-13-15-24(34)16-14-23)36(31)18-17-26(37)19-27(38)20-28(39)40;1-6-25(4,5)24(28)30-21-12-15(2)11-17-8-7-16(3)20(23(17)21)10-9-19-13-18(26)14-22(27)29-19/h3-16,21,26-27,37-38H,17-20H2,1-2H3,(H,35,41)(H,39,40);7-8,11,15-16,18-21,23,26H,6,9-10,12-14H2,1-5H3/t26-,27-;15-,16-,18+,19+,20-,21-,23-/m10/s1. The zero-order valence-corrected chi connectivity index (χ0v) is 42.2. The monoisotopic (exact) mass is 977 g/mol. The molecule has 0 radical (unpaired) electrons. The topological polar surface area (TPSA) is 185 Å². The third-order valence-electron chi connectivity index (χ3n) is 14.3. The minimum absolute atomic E-state index is 0.0939. The van der Waals surface area contributed by atoms with E-state index in [4.69, 9.17) is 14.6 Å². The Morgan fingerprint density at radius 3 is 2.20 bits per heavy atom. The summed E-state index contributed by atoms with van der Waals surface area (Å²) in [5.41, 5.74) is 5.56. The van der Waals surface area contributed by atoms with Crippen LogP contribution in [-0.2, 0) is 30.4 Å². The highest BCUT2D eigenvalue weighted by atomic mass is 19.1. The van der Waals surface area contributed by atoms with Gasteiger partial charge >= 0.3 is 17.9 Å². The SMILES string of the molecule is CC(C)c1c(C(=O)Nc2ccccc2)c(-c2ccccc2)c(-c2ccc(F)cc2)n1CC[C@@H](O)C[C@@H](O)CC(=O)O.CCC(C)(C)C(=O)O[C@H]1C[C@@H](C)C=C2C=C[C@H](C)[C@H](CC[C@@H]3C[C@@H](O)CC(=O)O3)[C@H]21. The van der Waals surface area contributed by atoms with Crippen LogP contribution in [0.1, 0.15) is 128 Å². The van der Waals surface area contributed by atoms with E-state index in [1.54, 1.807) is 12.1 Å². The molecule has 3 aromatic carbocycles. The molecule has 5 N–H and O–H groups in total. The fraction of sp³-hybridized carbons (Fsp3) is 0.483. The van der Waals surface area contributed by atoms with Gasteiger partial charge < -0.3 is 39.8 Å². The Balaban J connectivity index is 0.000000244. The van der Waals surface area contributed by atoms with Crippen molar-refractivity contribution in [3.05, 3.63) is 126 Å². The van der Waals surface area contributed by atoms with Crippen molar-refractivity contribution in [1.82, 2.24) is 4.57 Å². The average molecular weight is 977 g/mol. The molecule has 1 aliphatic heterocycles. The van der Waals surface area contributed by atoms with Gasteiger partial charge in [-0.1, -0.05) is 101 Å². The summed E-state index contributed by atoms with van der Waals surface area (Å²) in [7, 11) is 0. The first-order chi connectivity index (χ1) is 33.8. The highest BCUT2D eigenvalue weighted by molar-refractivity contribution is 6.12. The molecule has 1 aromatic heterocycles. The second-order valence-corrected chi connectivity index (χ2v) is 20.7. The maximum atomic E-state index is 14.0. The van der Waals surface area contributed by atoms with Gasteiger partial charge in [0.2, 0.25) is 0 Å². The Morgan fingerprint density at radius 1 is 0.915 bits per heavy atom. The molecule has 0 saturated carbocycles. The number of nitrogens with zero attached hydrogens (tertiary/aromatic N) is 1. The van der Waals surface area contributed by atoms with Crippen molar-refractivity contribution in [2.75, 3.05) is 5.32 Å². The molecule has 71 heavy (non-hydrogen) atoms. The lowest BCUT2D eigenvalue weighted by molar-refractivity contribution is -0.166. The molecule has 12 nitrogen and oxygen atoms in total. The second kappa shape index (κ2) is 24.5. The number of amides is 1. The molecule has 1 amide bonds. The number of aliphatic carboxylic acids is 1. The summed E-state index contributed by atoms with van der Waals surface area (Å²) in [5.74, 6) is -1.16. The number of aromatic nitrogens is 1. The van der Waals surface area contributed by atoms with Gasteiger partial charge in [0.1, 0.15) is 18.0 Å². The Morgan fingerprint density at radius 2 is 1.58 bits per heavy atom. The number of cyclic esters (lactones) is 1. The molecule has 3 aliphatic rings. The number of aliphatic hydroxyl groups excluding tert-OH is 3. The number of hydrogen-bond donors (Lipinski definition) is 5. The van der Waals surface area contributed by atoms with Gasteiger partial charge in [-0.05, 0) is 129 Å². The van der Waals surface area contributed by atoms with Crippen LogP contribution in [0.25, 0.3) is 22.4 Å². The molecule has 0 unspecified atom stereocenters. The van der Waals surface area contributed by atoms with Crippen molar-refractivity contribution in [3.8, 4) is 22.4 Å². The van der Waals surface area contributed by atoms with Gasteiger partial charge in [-0.15, -0.1) is 0 Å². The molecule has 13 heteroatoms. The van der Waals surface area contributed by atoms with Crippen molar-refractivity contribution < 1.29 is 53.5 Å². The number of benzene rings is 3. The first-order valence-corrected chi connectivity index (χ1v) is 25.3. The van der Waals surface area contributed by atoms with E-state index < -0.39 is 36.1 Å². The van der Waals surface area contributed by atoms with Crippen LogP contribution in [0.15, 0.2) is 109 Å². The summed E-state index contributed by atoms with van der Waals surface area (Å²) in [6, 6.07) is 24.8. The number of rotatable bonds is 18. The third-order valence-corrected chi connectivity index (χ3v) is 14.3. The van der Waals surface area contributed by atoms with Gasteiger partial charge in [-0.3, -0.25) is 19.2 Å². The van der Waals surface area contributed by atoms with Crippen LogP contribution in [0.4, 0.5) is 10.1 Å². The molecule has 0 spiro atoms. The molecular formula is C58H73FN2O10. The maximum Gasteiger partial charge on any atom is 0.311 e. The van der Waals surface area contributed by atoms with Gasteiger partial charge in [-0.2, -0.15) is 0 Å². The number of esters is 2. The number of halogens is 1. The van der Waals surface area contributed by atoms with Crippen molar-refractivity contribution >= 4 is 29.5 Å². The summed E-state index contributed by atoms with van der Waals surface area (Å²) in [6.07, 6.45) is 7.11. The molecule has 1 fully saturated rings. The molecule has 9 atom stereocenters. The first-order valence-electron chi connectivity index (χ1n) is 25.3. The van der Waals surface area contributed by atoms with E-state index >= 15 is 0 Å². The van der Waals surface area contributed by atoms with E-state index in [0.29, 0.717) is 52.2 Å². The summed E-state index contributed by atoms with van der Waals surface area (Å²) in [6.45, 7) is 14.6. The van der Waals surface area contributed by atoms with E-state index in [9.17, 15) is 38.9 Å². The number of nitrogens with one attached hydrogen (secondary N) is 1. The number of carbonyl (C=O) groups is 4. The number of carboxylic acids is 1. The van der Waals surface area contributed by atoms with Crippen LogP contribution >= 0.6 is 0 Å². The van der Waals surface area contributed by atoms with Crippen LogP contribution in [-0.4, -0.2) is 79.3 Å². The largest absolute Gasteiger partial charge is 0.481 e. The number of aliphatic hydroxyl groups is 3. The highest BCUT2D eigenvalue weighted by Crippen LogP contribution is 2.46. The normalized spacial score (nSPS) is 22.8. The van der Waals surface area contributed by atoms with Gasteiger partial charge in [-0.25, -0.2) is 4.39 Å². The van der Waals surface area contributed by atoms with E-state index in [1.165, 1.54) is 17.7 Å². The number of hydrogen-bond acceptors (Lipinski definition) is 9. The quantitative estimate of drug-likeness (QED) is 0.0601. The molecule has 2 heterocycles. The van der Waals surface area contributed by atoms with Gasteiger partial charge in [0, 0.05) is 35.8 Å². The Hall–Kier alpha value is -5.89. The van der Waals surface area contributed by atoms with Crippen molar-refractivity contribution in [1.29, 1.82) is 0 Å². The minimum Gasteiger partial charge on any atom is -0.481 e. The number of para-hydroxylation sites is 1. The van der Waals surface area contributed by atoms with E-state index in [2.05, 4.69) is 37.4 Å². The summed E-state index contributed by atoms with van der Waals surface area (Å²) in [5, 5.41) is 42.7. The Labute approximate surface area is 418 Å². The van der Waals surface area contributed by atoms with Crippen LogP contribution in [0.2, 0.25) is 0 Å². The lowest BCUT2D eigenvalue weighted by Gasteiger charge is -2.44. The fourth-order valence-corrected chi connectivity index (χ4v) is 10.3. The zero-order valence-electron chi connectivity index (χ0n) is 42.2. The number of anilines is 1. The summed E-state index contributed by atoms with van der Waals surface area (Å²) >= 11 is 0. The smallest absolute Gasteiger partial charge is 0.311 e. The zero-order chi connectivity index (χ0) is 51.6. The van der Waals surface area contributed by atoms with Crippen LogP contribution in [0.3, 0.4) is 0 Å². The van der Waals surface area contributed by atoms with E-state index in [0.717, 1.165) is 36.9 Å². The molecule has 7 rings (SSSR count). The van der Waals surface area contributed by atoms with Gasteiger partial charge in [0.25, 0.3) is 5.91 Å². The minimum atomic E-state index is -1.18. The van der Waals surface area contributed by atoms with Gasteiger partial charge in [0.05, 0.1) is 47.8 Å². The number of allylic oxidation sites excluding steroid dienone is 3. The Bertz CT molecular complexity index is 2500. The van der Waals surface area contributed by atoms with E-state index in [1.807, 2.05) is 99.8 Å². The van der Waals surface area contributed by atoms with Crippen molar-refractivity contribution in [3.63, 3.8) is 0 Å². The summed E-state index contributed by atoms with van der Waals surface area (Å²) < 4.78 is 27.6. The molecular weight excluding hydrogens is 904 g/mol. The van der Waals surface area contributed by atoms with Gasteiger partial charge in [0.15, 0.2) is 0 Å². The molecule has 2 aliphatic carbocycles. The van der Waals surface area contributed by atoms with Crippen molar-refractivity contribution in [2.24, 2.45) is 29.1 Å². The van der Waals surface area contributed by atoms with E-state index in [-0.39, 0.29) is 73.5 Å². The molecule has 4 aromatic rings. The van der Waals surface area contributed by atoms with Crippen molar-refractivity contribution in [2.45, 2.75) is 149 Å². The Kier molecular flexibility index (Phi) is 18.8. The first kappa shape index (κ1) is 54.4. The third kappa shape index (κ3) is 14.2. The average Bonchev–Trinajstić information content (AvgIpc) is 3.67. The van der Waals surface area contributed by atoms with Crippen LogP contribution in [0.5, 0.6) is 0 Å². The second-order valence-electron chi connectivity index (χ2n) is 20.7. The number of carbonyl (C=O) groups excluding carboxylic acids is 3.